The molecule has 4 rings (SSSR count). The zero-order valence-electron chi connectivity index (χ0n) is 14.2. The largest absolute Gasteiger partial charge is 0.385 e. The Kier molecular flexibility index (Phi) is 4.25. The monoisotopic (exact) mass is 337 g/mol. The number of hydrogen-bond donors (Lipinski definition) is 1. The lowest BCUT2D eigenvalue weighted by Gasteiger charge is -2.52. The smallest absolute Gasteiger partial charge is 0.291 e. The van der Waals surface area contributed by atoms with Gasteiger partial charge in [-0.05, 0) is 30.9 Å². The van der Waals surface area contributed by atoms with Gasteiger partial charge in [-0.3, -0.25) is 4.79 Å². The van der Waals surface area contributed by atoms with E-state index in [0.717, 1.165) is 31.2 Å². The van der Waals surface area contributed by atoms with E-state index >= 15 is 0 Å². The Morgan fingerprint density at radius 2 is 1.80 bits per heavy atom. The number of carbonyl (C=O) groups is 1. The number of nitrogens with zero attached hydrogens (tertiary/aromatic N) is 3. The number of carbonyl (C=O) groups excluding carboxylic acids is 1. The van der Waals surface area contributed by atoms with Gasteiger partial charge in [0.25, 0.3) is 5.91 Å². The van der Waals surface area contributed by atoms with Crippen molar-refractivity contribution < 1.29 is 9.90 Å². The molecule has 2 aliphatic rings. The van der Waals surface area contributed by atoms with Crippen LogP contribution in [0.5, 0.6) is 0 Å². The summed E-state index contributed by atoms with van der Waals surface area (Å²) in [5, 5.41) is 11.5. The SMILES string of the molecule is O=C(c1ncccn1)N1CC[C@@](O)(c2ccccc2)[C@@H]2CCCC[C@H]21. The van der Waals surface area contributed by atoms with Crippen molar-refractivity contribution >= 4 is 5.91 Å². The summed E-state index contributed by atoms with van der Waals surface area (Å²) in [6, 6.07) is 11.7. The molecule has 1 amide bonds. The molecule has 25 heavy (non-hydrogen) atoms. The molecule has 2 fully saturated rings. The van der Waals surface area contributed by atoms with E-state index in [4.69, 9.17) is 0 Å². The quantitative estimate of drug-likeness (QED) is 0.915. The van der Waals surface area contributed by atoms with Crippen molar-refractivity contribution in [2.24, 2.45) is 5.92 Å². The molecular weight excluding hydrogens is 314 g/mol. The molecule has 2 aromatic rings. The maximum atomic E-state index is 12.9. The number of amides is 1. The number of hydrogen-bond acceptors (Lipinski definition) is 4. The van der Waals surface area contributed by atoms with Crippen LogP contribution in [0.1, 0.15) is 48.3 Å². The molecule has 5 nitrogen and oxygen atoms in total. The fourth-order valence-electron chi connectivity index (χ4n) is 4.56. The van der Waals surface area contributed by atoms with E-state index in [2.05, 4.69) is 9.97 Å². The lowest BCUT2D eigenvalue weighted by atomic mass is 9.66. The van der Waals surface area contributed by atoms with E-state index in [9.17, 15) is 9.90 Å². The second-order valence-corrected chi connectivity index (χ2v) is 7.07. The number of rotatable bonds is 2. The van der Waals surface area contributed by atoms with Crippen LogP contribution in [0.15, 0.2) is 48.8 Å². The van der Waals surface area contributed by atoms with Gasteiger partial charge in [-0.25, -0.2) is 9.97 Å². The number of likely N-dealkylation sites (tertiary alicyclic amines) is 1. The first-order valence-corrected chi connectivity index (χ1v) is 9.06. The summed E-state index contributed by atoms with van der Waals surface area (Å²) in [7, 11) is 0. The second kappa shape index (κ2) is 6.56. The molecule has 1 N–H and O–H groups in total. The highest BCUT2D eigenvalue weighted by Gasteiger charge is 2.50. The Morgan fingerprint density at radius 3 is 2.56 bits per heavy atom. The molecule has 1 saturated heterocycles. The van der Waals surface area contributed by atoms with Gasteiger partial charge in [0, 0.05) is 30.9 Å². The van der Waals surface area contributed by atoms with E-state index in [-0.39, 0.29) is 23.7 Å². The minimum absolute atomic E-state index is 0.0454. The summed E-state index contributed by atoms with van der Waals surface area (Å²) >= 11 is 0. The zero-order chi connectivity index (χ0) is 17.3. The fraction of sp³-hybridized carbons (Fsp3) is 0.450. The predicted molar refractivity (Wildman–Crippen MR) is 93.8 cm³/mol. The molecule has 1 aliphatic heterocycles. The first-order valence-electron chi connectivity index (χ1n) is 9.06. The summed E-state index contributed by atoms with van der Waals surface area (Å²) in [5.74, 6) is 0.189. The number of aromatic nitrogens is 2. The minimum Gasteiger partial charge on any atom is -0.385 e. The molecule has 1 aromatic heterocycles. The summed E-state index contributed by atoms with van der Waals surface area (Å²) < 4.78 is 0. The number of aliphatic hydroxyl groups is 1. The van der Waals surface area contributed by atoms with Crippen LogP contribution in [0, 0.1) is 5.92 Å². The maximum absolute atomic E-state index is 12.9. The number of benzene rings is 1. The average Bonchev–Trinajstić information content (AvgIpc) is 2.69. The van der Waals surface area contributed by atoms with Crippen LogP contribution >= 0.6 is 0 Å². The van der Waals surface area contributed by atoms with Crippen LogP contribution in [0.25, 0.3) is 0 Å². The normalized spacial score (nSPS) is 29.1. The molecule has 0 spiro atoms. The van der Waals surface area contributed by atoms with Gasteiger partial charge in [0.2, 0.25) is 5.82 Å². The van der Waals surface area contributed by atoms with Gasteiger partial charge in [0.1, 0.15) is 0 Å². The van der Waals surface area contributed by atoms with E-state index in [1.54, 1.807) is 18.5 Å². The average molecular weight is 337 g/mol. The Labute approximate surface area is 147 Å². The molecule has 0 radical (unpaired) electrons. The predicted octanol–water partition coefficient (Wildman–Crippen LogP) is 2.77. The first kappa shape index (κ1) is 16.2. The van der Waals surface area contributed by atoms with Crippen molar-refractivity contribution in [3.8, 4) is 0 Å². The van der Waals surface area contributed by atoms with E-state index in [1.807, 2.05) is 35.2 Å². The maximum Gasteiger partial charge on any atom is 0.291 e. The van der Waals surface area contributed by atoms with Gasteiger partial charge in [0.15, 0.2) is 0 Å². The Hall–Kier alpha value is -2.27. The Bertz CT molecular complexity index is 737. The lowest BCUT2D eigenvalue weighted by Crippen LogP contribution is -2.59. The third kappa shape index (κ3) is 2.82. The van der Waals surface area contributed by atoms with Crippen molar-refractivity contribution in [1.29, 1.82) is 0 Å². The molecule has 130 valence electrons. The minimum atomic E-state index is -0.860. The number of fused-ring (bicyclic) bond motifs is 1. The zero-order valence-corrected chi connectivity index (χ0v) is 14.2. The van der Waals surface area contributed by atoms with Crippen LogP contribution in [0.4, 0.5) is 0 Å². The molecule has 1 aromatic carbocycles. The first-order chi connectivity index (χ1) is 12.2. The van der Waals surface area contributed by atoms with Gasteiger partial charge in [0.05, 0.1) is 5.60 Å². The fourth-order valence-corrected chi connectivity index (χ4v) is 4.56. The number of piperidine rings is 1. The molecule has 1 saturated carbocycles. The second-order valence-electron chi connectivity index (χ2n) is 7.07. The third-order valence-corrected chi connectivity index (χ3v) is 5.77. The molecule has 3 atom stereocenters. The highest BCUT2D eigenvalue weighted by molar-refractivity contribution is 5.90. The summed E-state index contributed by atoms with van der Waals surface area (Å²) in [6.07, 6.45) is 7.81. The van der Waals surface area contributed by atoms with E-state index < -0.39 is 5.60 Å². The highest BCUT2D eigenvalue weighted by atomic mass is 16.3. The summed E-state index contributed by atoms with van der Waals surface area (Å²) in [6.45, 7) is 0.531. The van der Waals surface area contributed by atoms with Crippen molar-refractivity contribution in [2.45, 2.75) is 43.7 Å². The Morgan fingerprint density at radius 1 is 1.08 bits per heavy atom. The van der Waals surface area contributed by atoms with Gasteiger partial charge in [-0.2, -0.15) is 0 Å². The van der Waals surface area contributed by atoms with Crippen LogP contribution in [-0.2, 0) is 5.60 Å². The van der Waals surface area contributed by atoms with Crippen molar-refractivity contribution in [1.82, 2.24) is 14.9 Å². The molecule has 0 unspecified atom stereocenters. The van der Waals surface area contributed by atoms with Crippen molar-refractivity contribution in [3.05, 3.63) is 60.2 Å². The van der Waals surface area contributed by atoms with Crippen molar-refractivity contribution in [3.63, 3.8) is 0 Å². The lowest BCUT2D eigenvalue weighted by molar-refractivity contribution is -0.110. The third-order valence-electron chi connectivity index (χ3n) is 5.77. The molecule has 2 heterocycles. The topological polar surface area (TPSA) is 66.3 Å². The summed E-state index contributed by atoms with van der Waals surface area (Å²) in [5.41, 5.74) is 0.107. The van der Waals surface area contributed by atoms with E-state index in [1.165, 1.54) is 0 Å². The van der Waals surface area contributed by atoms with E-state index in [0.29, 0.717) is 13.0 Å². The van der Waals surface area contributed by atoms with Gasteiger partial charge in [-0.15, -0.1) is 0 Å². The van der Waals surface area contributed by atoms with Crippen LogP contribution in [0.3, 0.4) is 0 Å². The van der Waals surface area contributed by atoms with Crippen LogP contribution < -0.4 is 0 Å². The summed E-state index contributed by atoms with van der Waals surface area (Å²) in [4.78, 5) is 23.1. The van der Waals surface area contributed by atoms with Gasteiger partial charge < -0.3 is 10.0 Å². The molecule has 0 bridgehead atoms. The Balaban J connectivity index is 1.66. The van der Waals surface area contributed by atoms with Crippen LogP contribution in [-0.4, -0.2) is 38.5 Å². The molecular formula is C20H23N3O2. The molecule has 1 aliphatic carbocycles. The van der Waals surface area contributed by atoms with Gasteiger partial charge in [-0.1, -0.05) is 43.2 Å². The van der Waals surface area contributed by atoms with Gasteiger partial charge >= 0.3 is 0 Å². The van der Waals surface area contributed by atoms with Crippen LogP contribution in [0.2, 0.25) is 0 Å². The highest BCUT2D eigenvalue weighted by Crippen LogP contribution is 2.47. The standard InChI is InChI=1S/C20H23N3O2/c24-19(18-21-12-6-13-22-18)23-14-11-20(25,15-7-2-1-3-8-15)16-9-4-5-10-17(16)23/h1-3,6-8,12-13,16-17,25H,4-5,9-11,14H2/t16-,17-,20-/m1/s1. The van der Waals surface area contributed by atoms with Crippen molar-refractivity contribution in [2.75, 3.05) is 6.54 Å². The molecule has 5 heteroatoms.